The minimum absolute atomic E-state index is 0.326. The molecule has 2 heterocycles. The zero-order valence-corrected chi connectivity index (χ0v) is 10.5. The maximum Gasteiger partial charge on any atom is 0.432 e. The average Bonchev–Trinajstić information content (AvgIpc) is 3.05. The second-order valence-electron chi connectivity index (χ2n) is 4.37. The molecule has 1 amide bonds. The van der Waals surface area contributed by atoms with Crippen molar-refractivity contribution < 1.29 is 18.0 Å². The third-order valence-electron chi connectivity index (χ3n) is 2.95. The van der Waals surface area contributed by atoms with Gasteiger partial charge in [-0.2, -0.15) is 18.3 Å². The Morgan fingerprint density at radius 1 is 1.24 bits per heavy atom. The van der Waals surface area contributed by atoms with Crippen molar-refractivity contribution in [3.63, 3.8) is 0 Å². The summed E-state index contributed by atoms with van der Waals surface area (Å²) in [4.78, 5) is 14.9. The number of hydrogen-bond acceptors (Lipinski definition) is 2. The molecule has 5 nitrogen and oxygen atoms in total. The van der Waals surface area contributed by atoms with Crippen LogP contribution in [0.15, 0.2) is 36.5 Å². The summed E-state index contributed by atoms with van der Waals surface area (Å²) in [6.07, 6.45) is -2.99. The number of hydrogen-bond donors (Lipinski definition) is 3. The number of carbonyl (C=O) groups is 1. The van der Waals surface area contributed by atoms with Gasteiger partial charge in [0.25, 0.3) is 5.91 Å². The van der Waals surface area contributed by atoms with E-state index in [0.717, 1.165) is 10.9 Å². The Labute approximate surface area is 116 Å². The van der Waals surface area contributed by atoms with Crippen molar-refractivity contribution in [1.82, 2.24) is 15.2 Å². The number of H-pyrrole nitrogens is 2. The van der Waals surface area contributed by atoms with E-state index in [9.17, 15) is 18.0 Å². The molecular formula is C13H9F3N4O. The van der Waals surface area contributed by atoms with E-state index in [1.54, 1.807) is 23.4 Å². The molecule has 0 fully saturated rings. The quantitative estimate of drug-likeness (QED) is 0.679. The first-order chi connectivity index (χ1) is 9.95. The monoisotopic (exact) mass is 294 g/mol. The van der Waals surface area contributed by atoms with Crippen molar-refractivity contribution in [3.05, 3.63) is 47.9 Å². The molecular weight excluding hydrogens is 285 g/mol. The van der Waals surface area contributed by atoms with Gasteiger partial charge in [0.15, 0.2) is 5.69 Å². The fourth-order valence-corrected chi connectivity index (χ4v) is 1.94. The third kappa shape index (κ3) is 2.47. The van der Waals surface area contributed by atoms with Crippen LogP contribution in [0, 0.1) is 0 Å². The van der Waals surface area contributed by atoms with Crippen molar-refractivity contribution >= 4 is 22.5 Å². The lowest BCUT2D eigenvalue weighted by Gasteiger charge is -2.01. The van der Waals surface area contributed by atoms with Crippen LogP contribution in [-0.4, -0.2) is 21.1 Å². The van der Waals surface area contributed by atoms with Gasteiger partial charge in [0.05, 0.1) is 5.69 Å². The Hall–Kier alpha value is -2.77. The lowest BCUT2D eigenvalue weighted by atomic mass is 10.2. The highest BCUT2D eigenvalue weighted by Gasteiger charge is 2.33. The highest BCUT2D eigenvalue weighted by molar-refractivity contribution is 6.08. The van der Waals surface area contributed by atoms with Crippen LogP contribution in [0.3, 0.4) is 0 Å². The number of carbonyl (C=O) groups excluding carboxylic acids is 1. The topological polar surface area (TPSA) is 73.6 Å². The predicted molar refractivity (Wildman–Crippen MR) is 69.8 cm³/mol. The molecule has 8 heteroatoms. The first-order valence-electron chi connectivity index (χ1n) is 5.95. The van der Waals surface area contributed by atoms with E-state index in [2.05, 4.69) is 15.4 Å². The molecule has 0 unspecified atom stereocenters. The number of aromatic amines is 2. The molecule has 0 saturated heterocycles. The van der Waals surface area contributed by atoms with Crippen molar-refractivity contribution in [1.29, 1.82) is 0 Å². The smallest absolute Gasteiger partial charge is 0.359 e. The van der Waals surface area contributed by atoms with Gasteiger partial charge in [-0.1, -0.05) is 18.2 Å². The summed E-state index contributed by atoms with van der Waals surface area (Å²) in [5.41, 5.74) is -0.0999. The number of nitrogens with zero attached hydrogens (tertiary/aromatic N) is 1. The number of benzene rings is 1. The normalized spacial score (nSPS) is 11.8. The summed E-state index contributed by atoms with van der Waals surface area (Å²) < 4.78 is 37.3. The minimum atomic E-state index is -4.56. The minimum Gasteiger partial charge on any atom is -0.359 e. The lowest BCUT2D eigenvalue weighted by molar-refractivity contribution is -0.141. The highest BCUT2D eigenvalue weighted by Crippen LogP contribution is 2.28. The lowest BCUT2D eigenvalue weighted by Crippen LogP contribution is -2.12. The summed E-state index contributed by atoms with van der Waals surface area (Å²) >= 11 is 0. The van der Waals surface area contributed by atoms with Gasteiger partial charge in [-0.05, 0) is 6.07 Å². The van der Waals surface area contributed by atoms with Gasteiger partial charge >= 0.3 is 6.18 Å². The van der Waals surface area contributed by atoms with Crippen LogP contribution >= 0.6 is 0 Å². The number of alkyl halides is 3. The number of aromatic nitrogens is 3. The summed E-state index contributed by atoms with van der Waals surface area (Å²) in [5.74, 6) is -0.716. The van der Waals surface area contributed by atoms with Crippen molar-refractivity contribution in [3.8, 4) is 0 Å². The van der Waals surface area contributed by atoms with Gasteiger partial charge in [-0.25, -0.2) is 0 Å². The molecule has 0 aliphatic rings. The Morgan fingerprint density at radius 3 is 2.71 bits per heavy atom. The van der Waals surface area contributed by atoms with Crippen LogP contribution in [0.4, 0.5) is 18.9 Å². The van der Waals surface area contributed by atoms with E-state index >= 15 is 0 Å². The number of fused-ring (bicyclic) bond motifs is 1. The van der Waals surface area contributed by atoms with E-state index < -0.39 is 17.8 Å². The molecule has 3 rings (SSSR count). The maximum absolute atomic E-state index is 12.4. The van der Waals surface area contributed by atoms with E-state index in [-0.39, 0.29) is 5.69 Å². The fourth-order valence-electron chi connectivity index (χ4n) is 1.94. The third-order valence-corrected chi connectivity index (χ3v) is 2.95. The van der Waals surface area contributed by atoms with Crippen molar-refractivity contribution in [2.24, 2.45) is 0 Å². The molecule has 21 heavy (non-hydrogen) atoms. The van der Waals surface area contributed by atoms with E-state index in [1.165, 1.54) is 0 Å². The van der Waals surface area contributed by atoms with Crippen LogP contribution in [0.2, 0.25) is 0 Å². The van der Waals surface area contributed by atoms with Gasteiger partial charge in [0.2, 0.25) is 0 Å². The molecule has 0 bridgehead atoms. The number of nitrogens with one attached hydrogen (secondary N) is 3. The molecule has 0 saturated carbocycles. The molecule has 108 valence electrons. The number of halogens is 3. The molecule has 3 N–H and O–H groups in total. The SMILES string of the molecule is O=C(Nc1c[nH]c2ccccc12)c1cc(C(F)(F)F)[nH]n1. The van der Waals surface area contributed by atoms with Gasteiger partial charge in [0.1, 0.15) is 5.69 Å². The maximum atomic E-state index is 12.4. The standard InChI is InChI=1S/C13H9F3N4O/c14-13(15,16)11-5-9(19-20-11)12(21)18-10-6-17-8-4-2-1-3-7(8)10/h1-6,17H,(H,18,21)(H,19,20). The zero-order valence-electron chi connectivity index (χ0n) is 10.5. The number of anilines is 1. The Balaban J connectivity index is 1.85. The Morgan fingerprint density at radius 2 is 2.00 bits per heavy atom. The average molecular weight is 294 g/mol. The predicted octanol–water partition coefficient (Wildman–Crippen LogP) is 3.16. The Kier molecular flexibility index (Phi) is 2.93. The number of para-hydroxylation sites is 1. The van der Waals surface area contributed by atoms with Gasteiger partial charge in [-0.15, -0.1) is 0 Å². The molecule has 0 spiro atoms. The summed E-state index contributed by atoms with van der Waals surface area (Å²) in [6, 6.07) is 7.90. The van der Waals surface area contributed by atoms with E-state index in [1.807, 2.05) is 12.1 Å². The number of amides is 1. The highest BCUT2D eigenvalue weighted by atomic mass is 19.4. The first kappa shape index (κ1) is 13.2. The molecule has 0 aliphatic carbocycles. The number of rotatable bonds is 2. The zero-order chi connectivity index (χ0) is 15.0. The van der Waals surface area contributed by atoms with Crippen LogP contribution in [-0.2, 0) is 6.18 Å². The largest absolute Gasteiger partial charge is 0.432 e. The van der Waals surface area contributed by atoms with E-state index in [0.29, 0.717) is 11.8 Å². The van der Waals surface area contributed by atoms with Crippen molar-refractivity contribution in [2.75, 3.05) is 5.32 Å². The Bertz CT molecular complexity index is 803. The summed E-state index contributed by atoms with van der Waals surface area (Å²) in [5, 5.41) is 8.46. The van der Waals surface area contributed by atoms with Gasteiger partial charge < -0.3 is 10.3 Å². The summed E-state index contributed by atoms with van der Waals surface area (Å²) in [7, 11) is 0. The van der Waals surface area contributed by atoms with E-state index in [4.69, 9.17) is 0 Å². The molecule has 2 aromatic heterocycles. The van der Waals surface area contributed by atoms with Gasteiger partial charge in [0, 0.05) is 23.2 Å². The molecule has 0 aliphatic heterocycles. The first-order valence-corrected chi connectivity index (χ1v) is 5.95. The fraction of sp³-hybridized carbons (Fsp3) is 0.0769. The second-order valence-corrected chi connectivity index (χ2v) is 4.37. The van der Waals surface area contributed by atoms with Gasteiger partial charge in [-0.3, -0.25) is 9.89 Å². The second kappa shape index (κ2) is 4.65. The molecule has 0 radical (unpaired) electrons. The van der Waals surface area contributed by atoms with Crippen LogP contribution in [0.5, 0.6) is 0 Å². The van der Waals surface area contributed by atoms with Crippen LogP contribution < -0.4 is 5.32 Å². The van der Waals surface area contributed by atoms with Crippen molar-refractivity contribution in [2.45, 2.75) is 6.18 Å². The molecule has 0 atom stereocenters. The summed E-state index contributed by atoms with van der Waals surface area (Å²) in [6.45, 7) is 0. The van der Waals surface area contributed by atoms with Crippen LogP contribution in [0.1, 0.15) is 16.2 Å². The molecule has 1 aromatic carbocycles. The molecule has 3 aromatic rings. The van der Waals surface area contributed by atoms with Crippen LogP contribution in [0.25, 0.3) is 10.9 Å².